The lowest BCUT2D eigenvalue weighted by Gasteiger charge is -2.30. The van der Waals surface area contributed by atoms with Gasteiger partial charge in [-0.2, -0.15) is 5.10 Å². The summed E-state index contributed by atoms with van der Waals surface area (Å²) in [6.07, 6.45) is 1.02. The third-order valence-corrected chi connectivity index (χ3v) is 4.63. The number of pyridine rings is 1. The van der Waals surface area contributed by atoms with Gasteiger partial charge in [-0.3, -0.25) is 9.48 Å². The van der Waals surface area contributed by atoms with Crippen molar-refractivity contribution in [1.82, 2.24) is 19.7 Å². The summed E-state index contributed by atoms with van der Waals surface area (Å²) in [4.78, 5) is 30.0. The van der Waals surface area contributed by atoms with Gasteiger partial charge in [0, 0.05) is 18.3 Å². The summed E-state index contributed by atoms with van der Waals surface area (Å²) in [5, 5.41) is 4.87. The summed E-state index contributed by atoms with van der Waals surface area (Å²) in [5.74, 6) is -0.650. The summed E-state index contributed by atoms with van der Waals surface area (Å²) < 4.78 is 7.08. The van der Waals surface area contributed by atoms with Gasteiger partial charge in [-0.1, -0.05) is 23.2 Å². The summed E-state index contributed by atoms with van der Waals surface area (Å²) >= 11 is 11.9. The molecule has 3 rings (SSSR count). The second-order valence-corrected chi connectivity index (χ2v) is 7.92. The van der Waals surface area contributed by atoms with Crippen molar-refractivity contribution in [3.8, 4) is 11.3 Å². The molecule has 3 heterocycles. The van der Waals surface area contributed by atoms with Crippen LogP contribution in [0.15, 0.2) is 12.3 Å². The highest BCUT2D eigenvalue weighted by Gasteiger charge is 2.31. The lowest BCUT2D eigenvalue weighted by molar-refractivity contribution is 0.0193. The Balaban J connectivity index is 1.99. The highest BCUT2D eigenvalue weighted by Crippen LogP contribution is 2.31. The monoisotopic (exact) mass is 411 g/mol. The smallest absolute Gasteiger partial charge is 0.410 e. The number of hydrogen-bond acceptors (Lipinski definition) is 5. The van der Waals surface area contributed by atoms with E-state index in [9.17, 15) is 9.59 Å². The highest BCUT2D eigenvalue weighted by atomic mass is 35.5. The minimum atomic E-state index is -0.650. The number of ether oxygens (including phenoxy) is 1. The minimum Gasteiger partial charge on any atom is -0.444 e. The molecule has 0 aliphatic carbocycles. The van der Waals surface area contributed by atoms with E-state index in [0.717, 1.165) is 0 Å². The fourth-order valence-corrected chi connectivity index (χ4v) is 3.08. The van der Waals surface area contributed by atoms with E-state index in [1.807, 2.05) is 0 Å². The second kappa shape index (κ2) is 7.01. The van der Waals surface area contributed by atoms with Crippen molar-refractivity contribution in [3.63, 3.8) is 0 Å². The quantitative estimate of drug-likeness (QED) is 0.764. The Labute approximate surface area is 166 Å². The van der Waals surface area contributed by atoms with E-state index >= 15 is 0 Å². The van der Waals surface area contributed by atoms with E-state index < -0.39 is 17.6 Å². The van der Waals surface area contributed by atoms with Crippen LogP contribution in [-0.2, 0) is 17.8 Å². The Kier molecular flexibility index (Phi) is 5.05. The predicted molar refractivity (Wildman–Crippen MR) is 101 cm³/mol. The van der Waals surface area contributed by atoms with E-state index in [-0.39, 0.29) is 22.3 Å². The maximum absolute atomic E-state index is 12.4. The third kappa shape index (κ3) is 4.01. The summed E-state index contributed by atoms with van der Waals surface area (Å²) in [6.45, 7) is 6.36. The fraction of sp³-hybridized carbons (Fsp3) is 0.412. The lowest BCUT2D eigenvalue weighted by Crippen LogP contribution is -2.42. The number of nitrogens with zero attached hydrogens (tertiary/aromatic N) is 4. The molecule has 10 heteroatoms. The van der Waals surface area contributed by atoms with Crippen LogP contribution in [0.2, 0.25) is 10.2 Å². The fourth-order valence-electron chi connectivity index (χ4n) is 2.81. The molecule has 2 amide bonds. The van der Waals surface area contributed by atoms with Crippen LogP contribution in [0.1, 0.15) is 36.8 Å². The van der Waals surface area contributed by atoms with E-state index in [1.54, 1.807) is 31.5 Å². The third-order valence-electron chi connectivity index (χ3n) is 3.95. The first-order valence-corrected chi connectivity index (χ1v) is 9.01. The molecule has 0 bridgehead atoms. The molecule has 1 aliphatic rings. The van der Waals surface area contributed by atoms with E-state index in [1.165, 1.54) is 11.1 Å². The number of aromatic nitrogens is 3. The van der Waals surface area contributed by atoms with Crippen LogP contribution < -0.4 is 5.73 Å². The largest absolute Gasteiger partial charge is 0.444 e. The van der Waals surface area contributed by atoms with Gasteiger partial charge in [0.1, 0.15) is 16.4 Å². The number of amides is 2. The Morgan fingerprint density at radius 1 is 1.26 bits per heavy atom. The number of fused-ring (bicyclic) bond motifs is 1. The van der Waals surface area contributed by atoms with Crippen LogP contribution in [0, 0.1) is 0 Å². The van der Waals surface area contributed by atoms with Crippen LogP contribution in [0.4, 0.5) is 4.79 Å². The van der Waals surface area contributed by atoms with Crippen molar-refractivity contribution in [2.45, 2.75) is 39.5 Å². The van der Waals surface area contributed by atoms with Crippen LogP contribution >= 0.6 is 23.2 Å². The van der Waals surface area contributed by atoms with Crippen molar-refractivity contribution >= 4 is 35.2 Å². The Morgan fingerprint density at radius 3 is 2.56 bits per heavy atom. The first kappa shape index (κ1) is 19.4. The first-order chi connectivity index (χ1) is 12.6. The van der Waals surface area contributed by atoms with Gasteiger partial charge in [-0.25, -0.2) is 9.78 Å². The topological polar surface area (TPSA) is 103 Å². The van der Waals surface area contributed by atoms with Gasteiger partial charge in [0.05, 0.1) is 29.4 Å². The van der Waals surface area contributed by atoms with Crippen LogP contribution in [0.5, 0.6) is 0 Å². The normalized spacial score (nSPS) is 14.0. The van der Waals surface area contributed by atoms with E-state index in [2.05, 4.69) is 10.1 Å². The van der Waals surface area contributed by atoms with Crippen LogP contribution in [0.25, 0.3) is 11.3 Å². The van der Waals surface area contributed by atoms with Gasteiger partial charge >= 0.3 is 6.09 Å². The molecule has 0 saturated heterocycles. The number of carbonyl (C=O) groups is 2. The molecule has 1 aliphatic heterocycles. The highest BCUT2D eigenvalue weighted by molar-refractivity contribution is 6.41. The van der Waals surface area contributed by atoms with Gasteiger partial charge in [0.25, 0.3) is 5.91 Å². The summed E-state index contributed by atoms with van der Waals surface area (Å²) in [7, 11) is 0. The molecule has 0 spiro atoms. The predicted octanol–water partition coefficient (Wildman–Crippen LogP) is 3.10. The molecule has 0 aromatic carbocycles. The maximum atomic E-state index is 12.4. The van der Waals surface area contributed by atoms with Gasteiger partial charge in [0.15, 0.2) is 0 Å². The van der Waals surface area contributed by atoms with Crippen LogP contribution in [-0.4, -0.2) is 43.8 Å². The van der Waals surface area contributed by atoms with Gasteiger partial charge in [-0.15, -0.1) is 0 Å². The number of hydrogen-bond donors (Lipinski definition) is 1. The number of rotatable bonds is 2. The van der Waals surface area contributed by atoms with E-state index in [0.29, 0.717) is 30.0 Å². The molecule has 0 unspecified atom stereocenters. The summed E-state index contributed by atoms with van der Waals surface area (Å²) in [6, 6.07) is 1.57. The number of halogens is 2. The Morgan fingerprint density at radius 2 is 1.96 bits per heavy atom. The maximum Gasteiger partial charge on any atom is 0.410 e. The molecule has 2 aromatic rings. The zero-order chi connectivity index (χ0) is 19.9. The van der Waals surface area contributed by atoms with Crippen molar-refractivity contribution in [3.05, 3.63) is 33.7 Å². The molecule has 0 atom stereocenters. The molecule has 2 aromatic heterocycles. The van der Waals surface area contributed by atoms with Crippen molar-refractivity contribution in [1.29, 1.82) is 0 Å². The average Bonchev–Trinajstić information content (AvgIpc) is 2.94. The molecule has 2 N–H and O–H groups in total. The van der Waals surface area contributed by atoms with Crippen molar-refractivity contribution < 1.29 is 14.3 Å². The molecule has 0 radical (unpaired) electrons. The molecular formula is C17H19Cl2N5O3. The van der Waals surface area contributed by atoms with Crippen molar-refractivity contribution in [2.24, 2.45) is 5.73 Å². The van der Waals surface area contributed by atoms with Crippen molar-refractivity contribution in [2.75, 3.05) is 6.54 Å². The molecule has 144 valence electrons. The number of primary amides is 1. The zero-order valence-corrected chi connectivity index (χ0v) is 16.6. The van der Waals surface area contributed by atoms with E-state index in [4.69, 9.17) is 33.7 Å². The number of carbonyl (C=O) groups excluding carboxylic acids is 2. The Hall–Kier alpha value is -2.32. The average molecular weight is 412 g/mol. The van der Waals surface area contributed by atoms with Crippen LogP contribution in [0.3, 0.4) is 0 Å². The second-order valence-electron chi connectivity index (χ2n) is 7.16. The van der Waals surface area contributed by atoms with Gasteiger partial charge < -0.3 is 15.4 Å². The standard InChI is InChI=1S/C17H19Cl2N5O3/c1-17(2,3)27-16(26)23-4-5-24-11(8-23)12(15(20)25)13(22-24)9-6-10(18)14(19)21-7-9/h6-7H,4-5,8H2,1-3H3,(H2,20,25). The first-order valence-electron chi connectivity index (χ1n) is 8.25. The van der Waals surface area contributed by atoms with Gasteiger partial charge in [0.2, 0.25) is 0 Å². The van der Waals surface area contributed by atoms with Gasteiger partial charge in [-0.05, 0) is 26.8 Å². The Bertz CT molecular complexity index is 920. The molecule has 0 saturated carbocycles. The molecule has 27 heavy (non-hydrogen) atoms. The molecule has 0 fully saturated rings. The molecule has 8 nitrogen and oxygen atoms in total. The lowest BCUT2D eigenvalue weighted by atomic mass is 10.1. The number of nitrogens with two attached hydrogens (primary N) is 1. The molecular weight excluding hydrogens is 393 g/mol. The minimum absolute atomic E-state index is 0.154. The SMILES string of the molecule is CC(C)(C)OC(=O)N1CCn2nc(-c3cnc(Cl)c(Cl)c3)c(C(N)=O)c2C1. The zero-order valence-electron chi connectivity index (χ0n) is 15.1. The summed E-state index contributed by atoms with van der Waals surface area (Å²) in [5.41, 5.74) is 6.63.